The molecular weight excluding hydrogens is 356 g/mol. The van der Waals surface area contributed by atoms with Crippen LogP contribution in [0, 0.1) is 0 Å². The van der Waals surface area contributed by atoms with Crippen molar-refractivity contribution >= 4 is 21.2 Å². The molecule has 7 nitrogen and oxygen atoms in total. The number of hydrogen-bond acceptors (Lipinski definition) is 5. The molecule has 1 fully saturated rings. The molecule has 8 heteroatoms. The molecule has 0 unspecified atom stereocenters. The van der Waals surface area contributed by atoms with E-state index in [1.807, 2.05) is 45.0 Å². The van der Waals surface area contributed by atoms with E-state index >= 15 is 0 Å². The molecule has 1 aromatic carbocycles. The van der Waals surface area contributed by atoms with Crippen molar-refractivity contribution in [3.05, 3.63) is 30.0 Å². The van der Waals surface area contributed by atoms with E-state index in [0.717, 1.165) is 5.39 Å². The number of nitrogens with one attached hydrogen (secondary N) is 1. The summed E-state index contributed by atoms with van der Waals surface area (Å²) >= 11 is 0. The summed E-state index contributed by atoms with van der Waals surface area (Å²) < 4.78 is 46.7. The standard InChI is InChI=1S/C18H26N2O5S/c1-5-23-16-8-6-7-15-9-17(25-18(15)16)14(4)19-26(21,22)20-10-12(2)24-13(3)11-20/h6-9,12-14,19H,5,10-11H2,1-4H3/t12-,13+,14-/m1/s1. The average molecular weight is 382 g/mol. The van der Waals surface area contributed by atoms with Gasteiger partial charge >= 0.3 is 0 Å². The normalized spacial score (nSPS) is 23.2. The van der Waals surface area contributed by atoms with Crippen molar-refractivity contribution in [2.45, 2.75) is 45.9 Å². The van der Waals surface area contributed by atoms with Crippen LogP contribution in [0.5, 0.6) is 5.75 Å². The molecular formula is C18H26N2O5S. The van der Waals surface area contributed by atoms with E-state index in [9.17, 15) is 8.42 Å². The third kappa shape index (κ3) is 4.03. The van der Waals surface area contributed by atoms with Gasteiger partial charge in [0.1, 0.15) is 5.76 Å². The van der Waals surface area contributed by atoms with Gasteiger partial charge in [-0.2, -0.15) is 17.4 Å². The molecule has 3 rings (SSSR count). The van der Waals surface area contributed by atoms with E-state index in [1.165, 1.54) is 4.31 Å². The van der Waals surface area contributed by atoms with Crippen molar-refractivity contribution in [2.24, 2.45) is 0 Å². The number of furan rings is 1. The minimum absolute atomic E-state index is 0.134. The van der Waals surface area contributed by atoms with Gasteiger partial charge in [-0.3, -0.25) is 0 Å². The first-order chi connectivity index (χ1) is 12.3. The molecule has 0 aliphatic carbocycles. The van der Waals surface area contributed by atoms with Gasteiger partial charge in [-0.25, -0.2) is 0 Å². The maximum atomic E-state index is 12.7. The number of fused-ring (bicyclic) bond motifs is 1. The van der Waals surface area contributed by atoms with Gasteiger partial charge in [0.25, 0.3) is 10.2 Å². The third-order valence-corrected chi connectivity index (χ3v) is 5.93. The minimum Gasteiger partial charge on any atom is -0.490 e. The van der Waals surface area contributed by atoms with Gasteiger partial charge in [-0.1, -0.05) is 12.1 Å². The molecule has 1 aliphatic heterocycles. The Bertz CT molecular complexity index is 854. The SMILES string of the molecule is CCOc1cccc2cc([C@@H](C)NS(=O)(=O)N3C[C@@H](C)O[C@@H](C)C3)oc12. The number of hydrogen-bond donors (Lipinski definition) is 1. The molecule has 0 radical (unpaired) electrons. The lowest BCUT2D eigenvalue weighted by atomic mass is 10.2. The maximum Gasteiger partial charge on any atom is 0.280 e. The zero-order valence-electron chi connectivity index (χ0n) is 15.6. The van der Waals surface area contributed by atoms with E-state index in [-0.39, 0.29) is 12.2 Å². The number of rotatable bonds is 6. The average Bonchev–Trinajstić information content (AvgIpc) is 2.99. The molecule has 1 N–H and O–H groups in total. The summed E-state index contributed by atoms with van der Waals surface area (Å²) in [5.74, 6) is 1.20. The molecule has 144 valence electrons. The zero-order valence-corrected chi connectivity index (χ0v) is 16.4. The lowest BCUT2D eigenvalue weighted by Crippen LogP contribution is -2.52. The molecule has 1 saturated heterocycles. The van der Waals surface area contributed by atoms with Gasteiger partial charge in [0.15, 0.2) is 11.3 Å². The third-order valence-electron chi connectivity index (χ3n) is 4.31. The van der Waals surface area contributed by atoms with Gasteiger partial charge in [0.2, 0.25) is 0 Å². The first kappa shape index (κ1) is 19.2. The lowest BCUT2D eigenvalue weighted by molar-refractivity contribution is -0.0444. The second kappa shape index (κ2) is 7.56. The Kier molecular flexibility index (Phi) is 5.57. The molecule has 0 saturated carbocycles. The number of morpholine rings is 1. The van der Waals surface area contributed by atoms with E-state index in [0.29, 0.717) is 36.8 Å². The number of nitrogens with zero attached hydrogens (tertiary/aromatic N) is 1. The van der Waals surface area contributed by atoms with Crippen LogP contribution in [0.25, 0.3) is 11.0 Å². The van der Waals surface area contributed by atoms with Crippen molar-refractivity contribution in [3.63, 3.8) is 0 Å². The molecule has 1 aliphatic rings. The second-order valence-corrected chi connectivity index (χ2v) is 8.38. The molecule has 0 spiro atoms. The highest BCUT2D eigenvalue weighted by molar-refractivity contribution is 7.87. The highest BCUT2D eigenvalue weighted by Gasteiger charge is 2.32. The van der Waals surface area contributed by atoms with E-state index < -0.39 is 16.3 Å². The van der Waals surface area contributed by atoms with Crippen LogP contribution in [0.15, 0.2) is 28.7 Å². The first-order valence-electron chi connectivity index (χ1n) is 8.88. The Labute approximate surface area is 154 Å². The molecule has 2 aromatic rings. The van der Waals surface area contributed by atoms with Crippen molar-refractivity contribution in [1.82, 2.24) is 9.03 Å². The fraction of sp³-hybridized carbons (Fsp3) is 0.556. The van der Waals surface area contributed by atoms with Crippen LogP contribution in [0.2, 0.25) is 0 Å². The molecule has 0 bridgehead atoms. The molecule has 2 heterocycles. The van der Waals surface area contributed by atoms with Gasteiger partial charge in [-0.15, -0.1) is 0 Å². The molecule has 0 amide bonds. The highest BCUT2D eigenvalue weighted by atomic mass is 32.2. The van der Waals surface area contributed by atoms with Gasteiger partial charge in [0.05, 0.1) is 24.9 Å². The Morgan fingerprint density at radius 1 is 1.31 bits per heavy atom. The summed E-state index contributed by atoms with van der Waals surface area (Å²) in [5.41, 5.74) is 0.629. The molecule has 3 atom stereocenters. The Morgan fingerprint density at radius 2 is 2.00 bits per heavy atom. The fourth-order valence-electron chi connectivity index (χ4n) is 3.22. The summed E-state index contributed by atoms with van der Waals surface area (Å²) in [5, 5.41) is 0.880. The van der Waals surface area contributed by atoms with Crippen molar-refractivity contribution in [3.8, 4) is 5.75 Å². The van der Waals surface area contributed by atoms with Crippen LogP contribution in [-0.2, 0) is 14.9 Å². The van der Waals surface area contributed by atoms with Crippen LogP contribution >= 0.6 is 0 Å². The first-order valence-corrected chi connectivity index (χ1v) is 10.3. The van der Waals surface area contributed by atoms with Crippen molar-refractivity contribution in [1.29, 1.82) is 0 Å². The summed E-state index contributed by atoms with van der Waals surface area (Å²) in [6, 6.07) is 6.98. The lowest BCUT2D eigenvalue weighted by Gasteiger charge is -2.34. The van der Waals surface area contributed by atoms with Crippen LogP contribution < -0.4 is 9.46 Å². The predicted octanol–water partition coefficient (Wildman–Crippen LogP) is 2.84. The summed E-state index contributed by atoms with van der Waals surface area (Å²) in [6.45, 7) is 8.62. The summed E-state index contributed by atoms with van der Waals surface area (Å²) in [6.07, 6.45) is -0.267. The van der Waals surface area contributed by atoms with Crippen molar-refractivity contribution < 1.29 is 22.3 Å². The van der Waals surface area contributed by atoms with Crippen LogP contribution in [0.4, 0.5) is 0 Å². The van der Waals surface area contributed by atoms with Crippen LogP contribution in [0.3, 0.4) is 0 Å². The number of ether oxygens (including phenoxy) is 2. The van der Waals surface area contributed by atoms with Gasteiger partial charge in [0, 0.05) is 18.5 Å². The predicted molar refractivity (Wildman–Crippen MR) is 99.4 cm³/mol. The zero-order chi connectivity index (χ0) is 18.9. The van der Waals surface area contributed by atoms with Crippen LogP contribution in [-0.4, -0.2) is 44.6 Å². The second-order valence-electron chi connectivity index (χ2n) is 6.68. The van der Waals surface area contributed by atoms with E-state index in [2.05, 4.69) is 4.72 Å². The molecule has 26 heavy (non-hydrogen) atoms. The Morgan fingerprint density at radius 3 is 2.65 bits per heavy atom. The topological polar surface area (TPSA) is 81.0 Å². The Balaban J connectivity index is 1.80. The summed E-state index contributed by atoms with van der Waals surface area (Å²) in [4.78, 5) is 0. The minimum atomic E-state index is -3.64. The summed E-state index contributed by atoms with van der Waals surface area (Å²) in [7, 11) is -3.64. The van der Waals surface area contributed by atoms with E-state index in [4.69, 9.17) is 13.9 Å². The monoisotopic (exact) mass is 382 g/mol. The Hall–Kier alpha value is -1.61. The highest BCUT2D eigenvalue weighted by Crippen LogP contribution is 2.31. The smallest absolute Gasteiger partial charge is 0.280 e. The van der Waals surface area contributed by atoms with Crippen molar-refractivity contribution in [2.75, 3.05) is 19.7 Å². The number of para-hydroxylation sites is 1. The maximum absolute atomic E-state index is 12.7. The number of benzene rings is 1. The van der Waals surface area contributed by atoms with E-state index in [1.54, 1.807) is 6.92 Å². The quantitative estimate of drug-likeness (QED) is 0.831. The van der Waals surface area contributed by atoms with Gasteiger partial charge < -0.3 is 13.9 Å². The van der Waals surface area contributed by atoms with Gasteiger partial charge in [-0.05, 0) is 39.8 Å². The molecule has 1 aromatic heterocycles. The van der Waals surface area contributed by atoms with Crippen LogP contribution in [0.1, 0.15) is 39.5 Å². The largest absolute Gasteiger partial charge is 0.490 e. The fourth-order valence-corrected chi connectivity index (χ4v) is 4.75.